The summed E-state index contributed by atoms with van der Waals surface area (Å²) in [6, 6.07) is 19.0. The van der Waals surface area contributed by atoms with Gasteiger partial charge in [-0.2, -0.15) is 0 Å². The van der Waals surface area contributed by atoms with Crippen LogP contribution in [0.5, 0.6) is 5.75 Å². The summed E-state index contributed by atoms with van der Waals surface area (Å²) in [7, 11) is 0. The first-order chi connectivity index (χ1) is 10.3. The van der Waals surface area contributed by atoms with Crippen molar-refractivity contribution in [2.24, 2.45) is 0 Å². The van der Waals surface area contributed by atoms with E-state index in [0.717, 1.165) is 28.3 Å². The van der Waals surface area contributed by atoms with Crippen molar-refractivity contribution in [1.82, 2.24) is 5.16 Å². The van der Waals surface area contributed by atoms with Gasteiger partial charge in [-0.05, 0) is 17.7 Å². The van der Waals surface area contributed by atoms with E-state index >= 15 is 0 Å². The van der Waals surface area contributed by atoms with Gasteiger partial charge in [0.25, 0.3) is 0 Å². The number of ether oxygens (including phenoxy) is 1. The van der Waals surface area contributed by atoms with Crippen molar-refractivity contribution in [2.75, 3.05) is 0 Å². The molecule has 4 heteroatoms. The molecule has 1 N–H and O–H groups in total. The fourth-order valence-corrected chi connectivity index (χ4v) is 1.97. The maximum Gasteiger partial charge on any atom is 0.167 e. The Morgan fingerprint density at radius 1 is 1.00 bits per heavy atom. The number of aliphatic hydroxyl groups is 1. The second-order valence-electron chi connectivity index (χ2n) is 4.64. The molecule has 4 nitrogen and oxygen atoms in total. The van der Waals surface area contributed by atoms with Crippen molar-refractivity contribution in [3.63, 3.8) is 0 Å². The lowest BCUT2D eigenvalue weighted by atomic mass is 10.2. The van der Waals surface area contributed by atoms with E-state index in [9.17, 15) is 0 Å². The van der Waals surface area contributed by atoms with E-state index < -0.39 is 0 Å². The minimum absolute atomic E-state index is 0.0317. The van der Waals surface area contributed by atoms with Crippen LogP contribution in [0, 0.1) is 0 Å². The summed E-state index contributed by atoms with van der Waals surface area (Å²) < 4.78 is 10.9. The van der Waals surface area contributed by atoms with Gasteiger partial charge in [-0.1, -0.05) is 47.6 Å². The molecule has 0 amide bonds. The molecule has 0 radical (unpaired) electrons. The molecule has 3 rings (SSSR count). The van der Waals surface area contributed by atoms with Crippen molar-refractivity contribution in [2.45, 2.75) is 13.2 Å². The Morgan fingerprint density at radius 3 is 2.48 bits per heavy atom. The number of benzene rings is 2. The van der Waals surface area contributed by atoms with Crippen molar-refractivity contribution >= 4 is 0 Å². The van der Waals surface area contributed by atoms with Gasteiger partial charge < -0.3 is 14.4 Å². The van der Waals surface area contributed by atoms with Gasteiger partial charge in [0.15, 0.2) is 5.76 Å². The van der Waals surface area contributed by atoms with E-state index in [1.54, 1.807) is 0 Å². The summed E-state index contributed by atoms with van der Waals surface area (Å²) in [4.78, 5) is 0. The highest BCUT2D eigenvalue weighted by Gasteiger charge is 2.06. The molecule has 0 aliphatic rings. The van der Waals surface area contributed by atoms with Crippen molar-refractivity contribution in [1.29, 1.82) is 0 Å². The molecule has 0 bridgehead atoms. The summed E-state index contributed by atoms with van der Waals surface area (Å²) in [5.74, 6) is 1.46. The zero-order valence-corrected chi connectivity index (χ0v) is 11.4. The first-order valence-electron chi connectivity index (χ1n) is 6.69. The Balaban J connectivity index is 1.64. The van der Waals surface area contributed by atoms with Crippen LogP contribution < -0.4 is 4.74 Å². The largest absolute Gasteiger partial charge is 0.487 e. The fourth-order valence-electron chi connectivity index (χ4n) is 1.97. The number of rotatable bonds is 5. The zero-order chi connectivity index (χ0) is 14.5. The fraction of sp³-hybridized carbons (Fsp3) is 0.118. The van der Waals surface area contributed by atoms with Crippen LogP contribution in [0.1, 0.15) is 11.3 Å². The highest BCUT2D eigenvalue weighted by Crippen LogP contribution is 2.21. The summed E-state index contributed by atoms with van der Waals surface area (Å²) in [6.07, 6.45) is 0. The van der Waals surface area contributed by atoms with Crippen LogP contribution in [0.4, 0.5) is 0 Å². The van der Waals surface area contributed by atoms with Crippen LogP contribution in [0.15, 0.2) is 65.2 Å². The lowest BCUT2D eigenvalue weighted by molar-refractivity contribution is 0.279. The van der Waals surface area contributed by atoms with Gasteiger partial charge in [-0.15, -0.1) is 0 Å². The second kappa shape index (κ2) is 6.24. The standard InChI is InChI=1S/C17H15NO3/c19-11-13-6-8-16(9-7-13)20-12-15-10-17(21-18-15)14-4-2-1-3-5-14/h1-10,19H,11-12H2. The smallest absolute Gasteiger partial charge is 0.167 e. The number of aromatic nitrogens is 1. The summed E-state index contributed by atoms with van der Waals surface area (Å²) in [5.41, 5.74) is 2.58. The Bertz CT molecular complexity index is 690. The number of aliphatic hydroxyl groups excluding tert-OH is 1. The molecule has 0 fully saturated rings. The minimum atomic E-state index is 0.0317. The van der Waals surface area contributed by atoms with E-state index in [1.165, 1.54) is 0 Å². The number of nitrogens with zero attached hydrogens (tertiary/aromatic N) is 1. The lowest BCUT2D eigenvalue weighted by Crippen LogP contribution is -1.95. The average Bonchev–Trinajstić information content (AvgIpc) is 3.03. The van der Waals surface area contributed by atoms with Crippen LogP contribution >= 0.6 is 0 Å². The molecule has 0 saturated carbocycles. The summed E-state index contributed by atoms with van der Waals surface area (Å²) >= 11 is 0. The Labute approximate surface area is 122 Å². The van der Waals surface area contributed by atoms with Crippen molar-refractivity contribution in [3.05, 3.63) is 71.9 Å². The number of hydrogen-bond acceptors (Lipinski definition) is 4. The highest BCUT2D eigenvalue weighted by molar-refractivity contribution is 5.56. The van der Waals surface area contributed by atoms with Crippen LogP contribution in [0.2, 0.25) is 0 Å². The second-order valence-corrected chi connectivity index (χ2v) is 4.64. The van der Waals surface area contributed by atoms with Crippen molar-refractivity contribution in [3.8, 4) is 17.1 Å². The molecule has 0 spiro atoms. The van der Waals surface area contributed by atoms with Gasteiger partial charge >= 0.3 is 0 Å². The van der Waals surface area contributed by atoms with Crippen LogP contribution in [-0.4, -0.2) is 10.3 Å². The monoisotopic (exact) mass is 281 g/mol. The molecular formula is C17H15NO3. The predicted molar refractivity (Wildman–Crippen MR) is 78.6 cm³/mol. The van der Waals surface area contributed by atoms with Crippen LogP contribution in [-0.2, 0) is 13.2 Å². The predicted octanol–water partition coefficient (Wildman–Crippen LogP) is 3.41. The Kier molecular flexibility index (Phi) is 3.98. The van der Waals surface area contributed by atoms with Crippen LogP contribution in [0.25, 0.3) is 11.3 Å². The molecule has 0 saturated heterocycles. The molecule has 3 aromatic rings. The molecule has 0 unspecified atom stereocenters. The highest BCUT2D eigenvalue weighted by atomic mass is 16.5. The molecular weight excluding hydrogens is 266 g/mol. The van der Waals surface area contributed by atoms with E-state index in [-0.39, 0.29) is 6.61 Å². The topological polar surface area (TPSA) is 55.5 Å². The van der Waals surface area contributed by atoms with Gasteiger partial charge in [-0.3, -0.25) is 0 Å². The molecule has 2 aromatic carbocycles. The van der Waals surface area contributed by atoms with Crippen molar-refractivity contribution < 1.29 is 14.4 Å². The Morgan fingerprint density at radius 2 is 1.76 bits per heavy atom. The average molecular weight is 281 g/mol. The molecule has 21 heavy (non-hydrogen) atoms. The van der Waals surface area contributed by atoms with Gasteiger partial charge in [0.2, 0.25) is 0 Å². The third kappa shape index (κ3) is 3.30. The zero-order valence-electron chi connectivity index (χ0n) is 11.4. The quantitative estimate of drug-likeness (QED) is 0.778. The first kappa shape index (κ1) is 13.4. The Hall–Kier alpha value is -2.59. The van der Waals surface area contributed by atoms with Gasteiger partial charge in [0, 0.05) is 11.6 Å². The van der Waals surface area contributed by atoms with Gasteiger partial charge in [-0.25, -0.2) is 0 Å². The van der Waals surface area contributed by atoms with E-state index in [1.807, 2.05) is 60.7 Å². The molecule has 0 atom stereocenters. The third-order valence-electron chi connectivity index (χ3n) is 3.11. The van der Waals surface area contributed by atoms with Gasteiger partial charge in [0.1, 0.15) is 18.1 Å². The van der Waals surface area contributed by atoms with E-state index in [0.29, 0.717) is 6.61 Å². The summed E-state index contributed by atoms with van der Waals surface area (Å²) in [6.45, 7) is 0.374. The SMILES string of the molecule is OCc1ccc(OCc2cc(-c3ccccc3)on2)cc1. The van der Waals surface area contributed by atoms with Gasteiger partial charge in [0.05, 0.1) is 6.61 Å². The molecule has 1 heterocycles. The van der Waals surface area contributed by atoms with E-state index in [2.05, 4.69) is 5.16 Å². The molecule has 106 valence electrons. The molecule has 1 aromatic heterocycles. The van der Waals surface area contributed by atoms with E-state index in [4.69, 9.17) is 14.4 Å². The minimum Gasteiger partial charge on any atom is -0.487 e. The number of hydrogen-bond donors (Lipinski definition) is 1. The lowest BCUT2D eigenvalue weighted by Gasteiger charge is -2.04. The first-order valence-corrected chi connectivity index (χ1v) is 6.69. The van der Waals surface area contributed by atoms with Crippen LogP contribution in [0.3, 0.4) is 0 Å². The maximum absolute atomic E-state index is 8.98. The normalized spacial score (nSPS) is 10.5. The molecule has 0 aliphatic heterocycles. The maximum atomic E-state index is 8.98. The molecule has 0 aliphatic carbocycles. The summed E-state index contributed by atoms with van der Waals surface area (Å²) in [5, 5.41) is 13.0. The third-order valence-corrected chi connectivity index (χ3v) is 3.11.